The molecule has 1 heterocycles. The van der Waals surface area contributed by atoms with Crippen LogP contribution in [0.4, 0.5) is 0 Å². The van der Waals surface area contributed by atoms with Crippen molar-refractivity contribution >= 4 is 23.4 Å². The molecule has 0 aliphatic carbocycles. The number of benzene rings is 1. The lowest BCUT2D eigenvalue weighted by atomic mass is 10.1. The third-order valence-corrected chi connectivity index (χ3v) is 2.56. The fourth-order valence-electron chi connectivity index (χ4n) is 1.85. The van der Waals surface area contributed by atoms with Gasteiger partial charge in [-0.05, 0) is 18.4 Å². The van der Waals surface area contributed by atoms with Gasteiger partial charge in [-0.2, -0.15) is 0 Å². The largest absolute Gasteiger partial charge is 0.478 e. The molecule has 17 heavy (non-hydrogen) atoms. The van der Waals surface area contributed by atoms with E-state index in [1.54, 1.807) is 6.08 Å². The first kappa shape index (κ1) is 11.4. The Hall–Kier alpha value is -2.09. The third-order valence-electron chi connectivity index (χ3n) is 2.56. The van der Waals surface area contributed by atoms with Crippen LogP contribution in [0, 0.1) is 0 Å². The molecule has 0 radical (unpaired) electrons. The third kappa shape index (κ3) is 2.07. The first-order chi connectivity index (χ1) is 8.27. The minimum absolute atomic E-state index is 0.598. The van der Waals surface area contributed by atoms with Gasteiger partial charge in [0.25, 0.3) is 0 Å². The summed E-state index contributed by atoms with van der Waals surface area (Å²) in [6.45, 7) is 10.2. The molecule has 1 aromatic heterocycles. The lowest BCUT2D eigenvalue weighted by molar-refractivity contribution is 0.330. The maximum atomic E-state index is 5.54. The summed E-state index contributed by atoms with van der Waals surface area (Å²) >= 11 is 0. The Morgan fingerprint density at radius 1 is 1.29 bits per heavy atom. The molecule has 2 aromatic rings. The Balaban J connectivity index is 2.92. The highest BCUT2D eigenvalue weighted by Crippen LogP contribution is 2.18. The van der Waals surface area contributed by atoms with Gasteiger partial charge in [-0.25, -0.2) is 4.98 Å². The molecule has 2 heteroatoms. The van der Waals surface area contributed by atoms with Gasteiger partial charge in [0.2, 0.25) is 5.88 Å². The van der Waals surface area contributed by atoms with Crippen LogP contribution in [-0.4, -0.2) is 11.6 Å². The highest BCUT2D eigenvalue weighted by atomic mass is 16.5. The van der Waals surface area contributed by atoms with Crippen molar-refractivity contribution in [3.05, 3.63) is 47.5 Å². The van der Waals surface area contributed by atoms with Gasteiger partial charge in [0.05, 0.1) is 12.0 Å². The van der Waals surface area contributed by atoms with Crippen LogP contribution >= 0.6 is 0 Å². The smallest absolute Gasteiger partial charge is 0.221 e. The van der Waals surface area contributed by atoms with Crippen molar-refractivity contribution in [3.8, 4) is 5.88 Å². The quantitative estimate of drug-likeness (QED) is 0.797. The highest BCUT2D eigenvalue weighted by molar-refractivity contribution is 5.88. The van der Waals surface area contributed by atoms with E-state index < -0.39 is 0 Å². The number of hydrogen-bond donors (Lipinski definition) is 0. The van der Waals surface area contributed by atoms with Crippen LogP contribution in [0.1, 0.15) is 6.92 Å². The van der Waals surface area contributed by atoms with E-state index in [2.05, 4.69) is 18.1 Å². The monoisotopic (exact) mass is 225 g/mol. The van der Waals surface area contributed by atoms with Crippen LogP contribution in [0.5, 0.6) is 5.88 Å². The number of rotatable bonds is 3. The van der Waals surface area contributed by atoms with Crippen molar-refractivity contribution < 1.29 is 4.74 Å². The fraction of sp³-hybridized carbons (Fsp3) is 0.133. The van der Waals surface area contributed by atoms with E-state index in [0.717, 1.165) is 16.0 Å². The van der Waals surface area contributed by atoms with Crippen LogP contribution in [0.2, 0.25) is 0 Å². The van der Waals surface area contributed by atoms with Crippen molar-refractivity contribution in [1.29, 1.82) is 0 Å². The van der Waals surface area contributed by atoms with E-state index in [9.17, 15) is 0 Å². The lowest BCUT2D eigenvalue weighted by Crippen LogP contribution is -2.28. The van der Waals surface area contributed by atoms with E-state index >= 15 is 0 Å². The molecule has 0 amide bonds. The van der Waals surface area contributed by atoms with E-state index in [1.165, 1.54) is 0 Å². The zero-order valence-corrected chi connectivity index (χ0v) is 9.94. The van der Waals surface area contributed by atoms with Crippen molar-refractivity contribution in [1.82, 2.24) is 4.98 Å². The van der Waals surface area contributed by atoms with Gasteiger partial charge in [-0.15, -0.1) is 0 Å². The number of hydrogen-bond acceptors (Lipinski definition) is 2. The van der Waals surface area contributed by atoms with E-state index in [-0.39, 0.29) is 0 Å². The van der Waals surface area contributed by atoms with Gasteiger partial charge in [-0.3, -0.25) is 0 Å². The predicted octanol–water partition coefficient (Wildman–Crippen LogP) is 2.01. The Kier molecular flexibility index (Phi) is 3.24. The van der Waals surface area contributed by atoms with Crippen LogP contribution in [0.25, 0.3) is 23.4 Å². The molecular weight excluding hydrogens is 210 g/mol. The summed E-state index contributed by atoms with van der Waals surface area (Å²) in [5, 5.41) is 3.82. The Bertz CT molecular complexity index is 658. The average molecular weight is 225 g/mol. The fourth-order valence-corrected chi connectivity index (χ4v) is 1.85. The second-order valence-electron chi connectivity index (χ2n) is 3.66. The van der Waals surface area contributed by atoms with E-state index in [4.69, 9.17) is 4.74 Å². The number of nitrogens with zero attached hydrogens (tertiary/aromatic N) is 1. The normalized spacial score (nSPS) is 11.7. The van der Waals surface area contributed by atoms with Crippen molar-refractivity contribution in [2.75, 3.05) is 6.61 Å². The minimum atomic E-state index is 0.598. The van der Waals surface area contributed by atoms with Crippen LogP contribution in [0.3, 0.4) is 0 Å². The lowest BCUT2D eigenvalue weighted by Gasteiger charge is -2.07. The highest BCUT2D eigenvalue weighted by Gasteiger charge is 2.04. The molecule has 0 aliphatic rings. The predicted molar refractivity (Wildman–Crippen MR) is 72.3 cm³/mol. The second-order valence-corrected chi connectivity index (χ2v) is 3.66. The van der Waals surface area contributed by atoms with Crippen molar-refractivity contribution in [3.63, 3.8) is 0 Å². The maximum Gasteiger partial charge on any atom is 0.221 e. The Morgan fingerprint density at radius 2 is 2.00 bits per heavy atom. The first-order valence-electron chi connectivity index (χ1n) is 5.61. The summed E-state index contributed by atoms with van der Waals surface area (Å²) < 4.78 is 5.54. The number of allylic oxidation sites excluding steroid dienone is 1. The minimum Gasteiger partial charge on any atom is -0.478 e. The molecular formula is C15H15NO. The average Bonchev–Trinajstić information content (AvgIpc) is 2.34. The molecule has 0 atom stereocenters. The van der Waals surface area contributed by atoms with Crippen LogP contribution in [0.15, 0.2) is 36.9 Å². The molecule has 86 valence electrons. The van der Waals surface area contributed by atoms with E-state index in [0.29, 0.717) is 17.8 Å². The number of aromatic nitrogens is 1. The molecule has 1 aromatic carbocycles. The topological polar surface area (TPSA) is 22.1 Å². The van der Waals surface area contributed by atoms with Crippen molar-refractivity contribution in [2.45, 2.75) is 6.92 Å². The molecule has 0 unspecified atom stereocenters. The molecule has 2 rings (SSSR count). The summed E-state index contributed by atoms with van der Waals surface area (Å²) in [4.78, 5) is 4.40. The number of pyridine rings is 1. The molecule has 0 saturated heterocycles. The SMILES string of the molecule is C=C/C=c1\c(=C)nc(OCC)c2ccccc12. The zero-order valence-electron chi connectivity index (χ0n) is 9.94. The standard InChI is InChI=1S/C15H15NO/c1-4-8-12-11(3)16-15(17-5-2)14-10-7-6-9-13(12)14/h4,6-10H,1,3,5H2,2H3/b12-8+. The van der Waals surface area contributed by atoms with Crippen LogP contribution in [-0.2, 0) is 0 Å². The molecule has 0 fully saturated rings. The molecule has 0 N–H and O–H groups in total. The van der Waals surface area contributed by atoms with Gasteiger partial charge in [-0.1, -0.05) is 43.5 Å². The van der Waals surface area contributed by atoms with Gasteiger partial charge in [0, 0.05) is 10.6 Å². The molecule has 0 aliphatic heterocycles. The molecule has 2 nitrogen and oxygen atoms in total. The zero-order chi connectivity index (χ0) is 12.3. The van der Waals surface area contributed by atoms with Gasteiger partial charge >= 0.3 is 0 Å². The Morgan fingerprint density at radius 3 is 2.65 bits per heavy atom. The summed E-state index contributed by atoms with van der Waals surface area (Å²) in [7, 11) is 0. The summed E-state index contributed by atoms with van der Waals surface area (Å²) in [6.07, 6.45) is 3.67. The molecule has 0 spiro atoms. The van der Waals surface area contributed by atoms with Crippen molar-refractivity contribution in [2.24, 2.45) is 0 Å². The summed E-state index contributed by atoms with van der Waals surface area (Å²) in [5.41, 5.74) is 0. The number of ether oxygens (including phenoxy) is 1. The molecule has 0 bridgehead atoms. The van der Waals surface area contributed by atoms with E-state index in [1.807, 2.05) is 37.3 Å². The molecule has 0 saturated carbocycles. The first-order valence-corrected chi connectivity index (χ1v) is 5.61. The number of fused-ring (bicyclic) bond motifs is 1. The second kappa shape index (κ2) is 4.83. The van der Waals surface area contributed by atoms with Gasteiger partial charge in [0.1, 0.15) is 0 Å². The van der Waals surface area contributed by atoms with Gasteiger partial charge in [0.15, 0.2) is 0 Å². The summed E-state index contributed by atoms with van der Waals surface area (Å²) in [5.74, 6) is 0.648. The summed E-state index contributed by atoms with van der Waals surface area (Å²) in [6, 6.07) is 8.03. The van der Waals surface area contributed by atoms with Gasteiger partial charge < -0.3 is 4.74 Å². The Labute approximate surface area is 101 Å². The maximum absolute atomic E-state index is 5.54. The van der Waals surface area contributed by atoms with Crippen LogP contribution < -0.4 is 15.3 Å².